The van der Waals surface area contributed by atoms with Crippen LogP contribution in [0.25, 0.3) is 0 Å². The van der Waals surface area contributed by atoms with Crippen molar-refractivity contribution < 1.29 is 9.59 Å². The number of hydrogen-bond acceptors (Lipinski definition) is 3. The van der Waals surface area contributed by atoms with Crippen molar-refractivity contribution in [2.45, 2.75) is 32.1 Å². The van der Waals surface area contributed by atoms with Crippen molar-refractivity contribution in [3.8, 4) is 0 Å². The lowest BCUT2D eigenvalue weighted by Gasteiger charge is -2.18. The molecular weight excluding hydrogens is 443 g/mol. The van der Waals surface area contributed by atoms with E-state index in [-0.39, 0.29) is 59.5 Å². The van der Waals surface area contributed by atoms with Crippen molar-refractivity contribution in [2.24, 2.45) is 34.6 Å². The Morgan fingerprint density at radius 1 is 1.12 bits per heavy atom. The first-order valence-electron chi connectivity index (χ1n) is 9.67. The van der Waals surface area contributed by atoms with E-state index in [0.717, 1.165) is 31.3 Å². The lowest BCUT2D eigenvalue weighted by Crippen LogP contribution is -2.43. The van der Waals surface area contributed by atoms with Gasteiger partial charge in [0.25, 0.3) is 0 Å². The number of allylic oxidation sites excluding steroid dienone is 2. The second kappa shape index (κ2) is 8.27. The summed E-state index contributed by atoms with van der Waals surface area (Å²) in [5, 5.41) is 6.53. The molecule has 6 nitrogen and oxygen atoms in total. The Balaban J connectivity index is 0.00000196. The number of halogens is 1. The van der Waals surface area contributed by atoms with E-state index >= 15 is 0 Å². The second-order valence-corrected chi connectivity index (χ2v) is 7.84. The fourth-order valence-electron chi connectivity index (χ4n) is 4.70. The van der Waals surface area contributed by atoms with Crippen LogP contribution in [0.5, 0.6) is 0 Å². The van der Waals surface area contributed by atoms with Crippen LogP contribution in [-0.2, 0) is 9.59 Å². The molecule has 0 radical (unpaired) electrons. The Morgan fingerprint density at radius 2 is 1.73 bits per heavy atom. The molecule has 4 aliphatic rings. The summed E-state index contributed by atoms with van der Waals surface area (Å²) >= 11 is 0. The van der Waals surface area contributed by atoms with Gasteiger partial charge in [0, 0.05) is 26.7 Å². The SMILES string of the molecule is CN=C(NCCCC1CC1)NCCN1C(=O)C2C3C=CC(C3)C2C1=O.I. The minimum absolute atomic E-state index is 0. The molecule has 1 heterocycles. The third-order valence-electron chi connectivity index (χ3n) is 6.19. The Hall–Kier alpha value is -1.12. The lowest BCUT2D eigenvalue weighted by atomic mass is 9.85. The predicted octanol–water partition coefficient (Wildman–Crippen LogP) is 1.77. The van der Waals surface area contributed by atoms with Gasteiger partial charge in [-0.05, 0) is 37.0 Å². The Morgan fingerprint density at radius 3 is 2.31 bits per heavy atom. The first kappa shape index (κ1) is 19.6. The molecule has 26 heavy (non-hydrogen) atoms. The number of guanidine groups is 1. The molecule has 2 bridgehead atoms. The van der Waals surface area contributed by atoms with Crippen molar-refractivity contribution in [3.05, 3.63) is 12.2 Å². The molecule has 144 valence electrons. The highest BCUT2D eigenvalue weighted by molar-refractivity contribution is 14.0. The smallest absolute Gasteiger partial charge is 0.233 e. The normalized spacial score (nSPS) is 32.0. The minimum atomic E-state index is -0.0950. The molecule has 2 saturated carbocycles. The van der Waals surface area contributed by atoms with Crippen molar-refractivity contribution in [1.29, 1.82) is 0 Å². The van der Waals surface area contributed by atoms with Crippen LogP contribution in [0, 0.1) is 29.6 Å². The van der Waals surface area contributed by atoms with Crippen LogP contribution in [0.2, 0.25) is 0 Å². The van der Waals surface area contributed by atoms with E-state index in [4.69, 9.17) is 0 Å². The molecule has 0 aromatic carbocycles. The number of aliphatic imine (C=N–C) groups is 1. The standard InChI is InChI=1S/C19H28N4O2.HI/c1-20-19(21-8-2-3-12-4-5-12)22-9-10-23-17(24)15-13-6-7-14(11-13)16(15)18(23)25;/h6-7,12-16H,2-5,8-11H2,1H3,(H2,20,21,22);1H. The van der Waals surface area contributed by atoms with E-state index in [0.29, 0.717) is 13.1 Å². The molecule has 4 unspecified atom stereocenters. The van der Waals surface area contributed by atoms with Gasteiger partial charge < -0.3 is 10.6 Å². The molecule has 0 aromatic rings. The Kier molecular flexibility index (Phi) is 6.25. The largest absolute Gasteiger partial charge is 0.356 e. The van der Waals surface area contributed by atoms with E-state index in [9.17, 15) is 9.59 Å². The second-order valence-electron chi connectivity index (χ2n) is 7.84. The summed E-state index contributed by atoms with van der Waals surface area (Å²) in [5.74, 6) is 2.13. The molecule has 0 spiro atoms. The van der Waals surface area contributed by atoms with Crippen LogP contribution in [0.4, 0.5) is 0 Å². The number of amides is 2. The van der Waals surface area contributed by atoms with Gasteiger partial charge in [0.05, 0.1) is 11.8 Å². The number of carbonyl (C=O) groups excluding carboxylic acids is 2. The Labute approximate surface area is 172 Å². The lowest BCUT2D eigenvalue weighted by molar-refractivity contribution is -0.140. The van der Waals surface area contributed by atoms with Gasteiger partial charge in [0.1, 0.15) is 0 Å². The zero-order chi connectivity index (χ0) is 17.4. The summed E-state index contributed by atoms with van der Waals surface area (Å²) in [6, 6.07) is 0. The van der Waals surface area contributed by atoms with Crippen molar-refractivity contribution in [2.75, 3.05) is 26.7 Å². The first-order chi connectivity index (χ1) is 12.2. The maximum atomic E-state index is 12.6. The number of hydrogen-bond donors (Lipinski definition) is 2. The van der Waals surface area contributed by atoms with Crippen molar-refractivity contribution >= 4 is 41.8 Å². The van der Waals surface area contributed by atoms with Crippen LogP contribution in [0.15, 0.2) is 17.1 Å². The highest BCUT2D eigenvalue weighted by Crippen LogP contribution is 2.52. The summed E-state index contributed by atoms with van der Waals surface area (Å²) in [6.07, 6.45) is 10.5. The van der Waals surface area contributed by atoms with Crippen LogP contribution >= 0.6 is 24.0 Å². The predicted molar refractivity (Wildman–Crippen MR) is 111 cm³/mol. The number of rotatable bonds is 7. The third kappa shape index (κ3) is 3.77. The Bertz CT molecular complexity index is 587. The van der Waals surface area contributed by atoms with Gasteiger partial charge >= 0.3 is 0 Å². The first-order valence-corrected chi connectivity index (χ1v) is 9.67. The van der Waals surface area contributed by atoms with E-state index in [1.54, 1.807) is 7.05 Å². The third-order valence-corrected chi connectivity index (χ3v) is 6.19. The molecule has 0 aromatic heterocycles. The quantitative estimate of drug-likeness (QED) is 0.148. The highest BCUT2D eigenvalue weighted by atomic mass is 127. The zero-order valence-corrected chi connectivity index (χ0v) is 17.6. The van der Waals surface area contributed by atoms with Gasteiger partial charge in [-0.1, -0.05) is 25.0 Å². The molecule has 7 heteroatoms. The number of fused-ring (bicyclic) bond motifs is 5. The summed E-state index contributed by atoms with van der Waals surface area (Å²) in [5.41, 5.74) is 0. The van der Waals surface area contributed by atoms with Crippen molar-refractivity contribution in [1.82, 2.24) is 15.5 Å². The average Bonchev–Trinajstić information content (AvgIpc) is 3.12. The summed E-state index contributed by atoms with van der Waals surface area (Å²) < 4.78 is 0. The maximum absolute atomic E-state index is 12.6. The van der Waals surface area contributed by atoms with E-state index in [1.165, 1.54) is 24.2 Å². The van der Waals surface area contributed by atoms with Gasteiger partial charge in [-0.3, -0.25) is 19.5 Å². The highest BCUT2D eigenvalue weighted by Gasteiger charge is 2.58. The van der Waals surface area contributed by atoms with Gasteiger partial charge in [-0.25, -0.2) is 0 Å². The number of nitrogens with zero attached hydrogens (tertiary/aromatic N) is 2. The topological polar surface area (TPSA) is 73.8 Å². The van der Waals surface area contributed by atoms with Crippen LogP contribution in [0.1, 0.15) is 32.1 Å². The molecule has 2 N–H and O–H groups in total. The minimum Gasteiger partial charge on any atom is -0.356 e. The summed E-state index contributed by atoms with van der Waals surface area (Å²) in [7, 11) is 1.75. The van der Waals surface area contributed by atoms with Gasteiger partial charge in [0.2, 0.25) is 11.8 Å². The number of carbonyl (C=O) groups is 2. The maximum Gasteiger partial charge on any atom is 0.233 e. The van der Waals surface area contributed by atoms with Gasteiger partial charge in [0.15, 0.2) is 5.96 Å². The molecular formula is C19H29IN4O2. The van der Waals surface area contributed by atoms with Crippen LogP contribution < -0.4 is 10.6 Å². The molecule has 4 atom stereocenters. The number of imide groups is 1. The fourth-order valence-corrected chi connectivity index (χ4v) is 4.70. The monoisotopic (exact) mass is 472 g/mol. The van der Waals surface area contributed by atoms with E-state index in [2.05, 4.69) is 27.8 Å². The van der Waals surface area contributed by atoms with Crippen LogP contribution in [-0.4, -0.2) is 49.4 Å². The van der Waals surface area contributed by atoms with E-state index < -0.39 is 0 Å². The number of nitrogens with one attached hydrogen (secondary N) is 2. The summed E-state index contributed by atoms with van der Waals surface area (Å²) in [6.45, 7) is 1.88. The fraction of sp³-hybridized carbons (Fsp3) is 0.737. The molecule has 1 aliphatic heterocycles. The van der Waals surface area contributed by atoms with Gasteiger partial charge in [-0.15, -0.1) is 24.0 Å². The van der Waals surface area contributed by atoms with E-state index in [1.807, 2.05) is 0 Å². The van der Waals surface area contributed by atoms with Crippen molar-refractivity contribution in [3.63, 3.8) is 0 Å². The van der Waals surface area contributed by atoms with Crippen LogP contribution in [0.3, 0.4) is 0 Å². The molecule has 3 fully saturated rings. The number of likely N-dealkylation sites (tertiary alicyclic amines) is 1. The molecule has 1 saturated heterocycles. The molecule has 3 aliphatic carbocycles. The van der Waals surface area contributed by atoms with Gasteiger partial charge in [-0.2, -0.15) is 0 Å². The average molecular weight is 472 g/mol. The molecule has 2 amide bonds. The molecule has 4 rings (SSSR count). The summed E-state index contributed by atoms with van der Waals surface area (Å²) in [4.78, 5) is 30.9. The zero-order valence-electron chi connectivity index (χ0n) is 15.3.